The van der Waals surface area contributed by atoms with Gasteiger partial charge < -0.3 is 15.3 Å². The summed E-state index contributed by atoms with van der Waals surface area (Å²) in [5.41, 5.74) is 0.808. The molecule has 0 bridgehead atoms. The minimum atomic E-state index is -0.665. The zero-order valence-electron chi connectivity index (χ0n) is 13.2. The summed E-state index contributed by atoms with van der Waals surface area (Å²) in [7, 11) is 0. The van der Waals surface area contributed by atoms with Crippen LogP contribution in [0.15, 0.2) is 36.9 Å². The summed E-state index contributed by atoms with van der Waals surface area (Å²) in [6.45, 7) is 1.40. The molecule has 4 rings (SSSR count). The van der Waals surface area contributed by atoms with Gasteiger partial charge >= 0.3 is 0 Å². The van der Waals surface area contributed by atoms with Crippen molar-refractivity contribution >= 4 is 11.9 Å². The second-order valence-corrected chi connectivity index (χ2v) is 6.55. The van der Waals surface area contributed by atoms with Gasteiger partial charge in [-0.1, -0.05) is 6.07 Å². The zero-order valence-corrected chi connectivity index (χ0v) is 13.2. The minimum Gasteiger partial charge on any atom is -0.386 e. The molecule has 124 valence electrons. The van der Waals surface area contributed by atoms with Gasteiger partial charge in [-0.3, -0.25) is 9.78 Å². The molecule has 2 fully saturated rings. The Morgan fingerprint density at radius 3 is 2.67 bits per heavy atom. The maximum absolute atomic E-state index is 12.4. The summed E-state index contributed by atoms with van der Waals surface area (Å²) in [6, 6.07) is 3.83. The fraction of sp³-hybridized carbons (Fsp3) is 0.412. The number of β-amino-alcohol motifs (C(OH)–C–C–N with tert-alkyl or cyclic N) is 1. The lowest BCUT2D eigenvalue weighted by atomic mass is 9.88. The number of anilines is 1. The van der Waals surface area contributed by atoms with Gasteiger partial charge in [0.2, 0.25) is 5.95 Å². The number of carbonyl (C=O) groups excluding carboxylic acids is 1. The molecule has 0 radical (unpaired) electrons. The number of rotatable bonds is 5. The molecule has 2 N–H and O–H groups in total. The third-order valence-electron chi connectivity index (χ3n) is 4.63. The van der Waals surface area contributed by atoms with Crippen molar-refractivity contribution in [2.45, 2.75) is 25.0 Å². The Hall–Kier alpha value is -2.54. The second-order valence-electron chi connectivity index (χ2n) is 6.55. The molecule has 1 aliphatic heterocycles. The normalized spacial score (nSPS) is 18.8. The minimum absolute atomic E-state index is 0.126. The molecule has 3 heterocycles. The Balaban J connectivity index is 1.33. The molecule has 1 amide bonds. The van der Waals surface area contributed by atoms with Crippen molar-refractivity contribution in [3.05, 3.63) is 48.0 Å². The molecule has 0 spiro atoms. The van der Waals surface area contributed by atoms with Crippen LogP contribution >= 0.6 is 0 Å². The topological polar surface area (TPSA) is 91.2 Å². The van der Waals surface area contributed by atoms with E-state index in [0.29, 0.717) is 37.1 Å². The predicted octanol–water partition coefficient (Wildman–Crippen LogP) is 1.08. The number of hydrogen-bond donors (Lipinski definition) is 2. The molecule has 0 aromatic carbocycles. The van der Waals surface area contributed by atoms with Crippen molar-refractivity contribution in [1.29, 1.82) is 0 Å². The molecule has 1 saturated heterocycles. The fourth-order valence-electron chi connectivity index (χ4n) is 3.03. The van der Waals surface area contributed by atoms with E-state index < -0.39 is 5.60 Å². The summed E-state index contributed by atoms with van der Waals surface area (Å²) in [6.07, 6.45) is 8.68. The van der Waals surface area contributed by atoms with Gasteiger partial charge in [0.05, 0.1) is 18.7 Å². The van der Waals surface area contributed by atoms with E-state index in [1.165, 1.54) is 12.4 Å². The number of aromatic nitrogens is 3. The van der Waals surface area contributed by atoms with Crippen LogP contribution in [0.25, 0.3) is 0 Å². The number of carbonyl (C=O) groups is 1. The molecule has 2 aromatic heterocycles. The Morgan fingerprint density at radius 2 is 2.04 bits per heavy atom. The van der Waals surface area contributed by atoms with E-state index in [9.17, 15) is 9.90 Å². The summed E-state index contributed by atoms with van der Waals surface area (Å²) < 4.78 is 0. The van der Waals surface area contributed by atoms with Crippen LogP contribution in [0.5, 0.6) is 0 Å². The van der Waals surface area contributed by atoms with E-state index >= 15 is 0 Å². The van der Waals surface area contributed by atoms with Crippen LogP contribution in [0.1, 0.15) is 28.8 Å². The molecule has 0 unspecified atom stereocenters. The maximum atomic E-state index is 12.4. The third-order valence-corrected chi connectivity index (χ3v) is 4.63. The lowest BCUT2D eigenvalue weighted by Gasteiger charge is -2.46. The smallest absolute Gasteiger partial charge is 0.257 e. The number of amides is 1. The van der Waals surface area contributed by atoms with E-state index in [2.05, 4.69) is 20.3 Å². The molecule has 2 aliphatic rings. The average Bonchev–Trinajstić information content (AvgIpc) is 3.43. The fourth-order valence-corrected chi connectivity index (χ4v) is 3.03. The largest absolute Gasteiger partial charge is 0.386 e. The van der Waals surface area contributed by atoms with Gasteiger partial charge in [0.1, 0.15) is 5.60 Å². The molecule has 7 nitrogen and oxygen atoms in total. The van der Waals surface area contributed by atoms with Gasteiger partial charge in [-0.05, 0) is 30.4 Å². The molecule has 24 heavy (non-hydrogen) atoms. The first-order chi connectivity index (χ1) is 11.6. The Morgan fingerprint density at radius 1 is 1.29 bits per heavy atom. The van der Waals surface area contributed by atoms with Gasteiger partial charge in [0, 0.05) is 31.3 Å². The highest BCUT2D eigenvalue weighted by molar-refractivity contribution is 5.94. The Labute approximate surface area is 139 Å². The van der Waals surface area contributed by atoms with Crippen molar-refractivity contribution in [3.63, 3.8) is 0 Å². The highest BCUT2D eigenvalue weighted by atomic mass is 16.3. The third kappa shape index (κ3) is 2.94. The second kappa shape index (κ2) is 5.83. The van der Waals surface area contributed by atoms with Crippen LogP contribution in [0.3, 0.4) is 0 Å². The summed E-state index contributed by atoms with van der Waals surface area (Å²) >= 11 is 0. The molecule has 2 aromatic rings. The average molecular weight is 325 g/mol. The van der Waals surface area contributed by atoms with Crippen LogP contribution in [-0.2, 0) is 6.54 Å². The van der Waals surface area contributed by atoms with Gasteiger partial charge in [0.25, 0.3) is 5.91 Å². The Bertz CT molecular complexity index is 724. The highest BCUT2D eigenvalue weighted by Gasteiger charge is 2.53. The zero-order chi connectivity index (χ0) is 16.6. The van der Waals surface area contributed by atoms with Crippen LogP contribution in [-0.4, -0.2) is 49.6 Å². The number of aliphatic hydroxyl groups is 1. The van der Waals surface area contributed by atoms with Gasteiger partial charge in [-0.25, -0.2) is 9.97 Å². The first kappa shape index (κ1) is 15.0. The molecular weight excluding hydrogens is 306 g/mol. The van der Waals surface area contributed by atoms with Crippen molar-refractivity contribution in [2.75, 3.05) is 18.4 Å². The van der Waals surface area contributed by atoms with E-state index in [1.807, 2.05) is 12.1 Å². The van der Waals surface area contributed by atoms with E-state index in [0.717, 1.165) is 18.4 Å². The van der Waals surface area contributed by atoms with Crippen LogP contribution < -0.4 is 5.32 Å². The molecule has 1 aliphatic carbocycles. The van der Waals surface area contributed by atoms with Crippen LogP contribution in [0.4, 0.5) is 5.95 Å². The van der Waals surface area contributed by atoms with Gasteiger partial charge in [-0.2, -0.15) is 0 Å². The number of nitrogens with zero attached hydrogens (tertiary/aromatic N) is 4. The first-order valence-electron chi connectivity index (χ1n) is 8.10. The molecule has 0 atom stereocenters. The lowest BCUT2D eigenvalue weighted by Crippen LogP contribution is -2.64. The standard InChI is InChI=1S/C17H19N5O2/c23-15(22-10-17(24,11-22)14-3-4-14)13-8-20-16(21-9-13)19-7-12-2-1-5-18-6-12/h1-2,5-6,8-9,14,24H,3-4,7,10-11H2,(H,19,20,21). The predicted molar refractivity (Wildman–Crippen MR) is 87.2 cm³/mol. The number of hydrogen-bond acceptors (Lipinski definition) is 6. The summed E-state index contributed by atoms with van der Waals surface area (Å²) in [5.74, 6) is 0.712. The first-order valence-corrected chi connectivity index (χ1v) is 8.10. The number of pyridine rings is 1. The van der Waals surface area contributed by atoms with Gasteiger partial charge in [-0.15, -0.1) is 0 Å². The van der Waals surface area contributed by atoms with Crippen molar-refractivity contribution in [2.24, 2.45) is 5.92 Å². The summed E-state index contributed by atoms with van der Waals surface area (Å²) in [4.78, 5) is 26.4. The number of nitrogens with one attached hydrogen (secondary N) is 1. The quantitative estimate of drug-likeness (QED) is 0.855. The van der Waals surface area contributed by atoms with Crippen molar-refractivity contribution in [3.8, 4) is 0 Å². The maximum Gasteiger partial charge on any atom is 0.257 e. The highest BCUT2D eigenvalue weighted by Crippen LogP contribution is 2.44. The monoisotopic (exact) mass is 325 g/mol. The van der Waals surface area contributed by atoms with Crippen molar-refractivity contribution in [1.82, 2.24) is 19.9 Å². The number of likely N-dealkylation sites (tertiary alicyclic amines) is 1. The van der Waals surface area contributed by atoms with E-state index in [4.69, 9.17) is 0 Å². The van der Waals surface area contributed by atoms with E-state index in [-0.39, 0.29) is 5.91 Å². The van der Waals surface area contributed by atoms with Crippen molar-refractivity contribution < 1.29 is 9.90 Å². The van der Waals surface area contributed by atoms with E-state index in [1.54, 1.807) is 17.3 Å². The lowest BCUT2D eigenvalue weighted by molar-refractivity contribution is -0.0958. The molecule has 1 saturated carbocycles. The molecular formula is C17H19N5O2. The van der Waals surface area contributed by atoms with Crippen LogP contribution in [0.2, 0.25) is 0 Å². The van der Waals surface area contributed by atoms with Crippen LogP contribution in [0, 0.1) is 5.92 Å². The summed E-state index contributed by atoms with van der Waals surface area (Å²) in [5, 5.41) is 13.4. The molecule has 7 heteroatoms. The SMILES string of the molecule is O=C(c1cnc(NCc2cccnc2)nc1)N1CC(O)(C2CC2)C1. The Kier molecular flexibility index (Phi) is 3.65. The van der Waals surface area contributed by atoms with Gasteiger partial charge in [0.15, 0.2) is 0 Å².